The Hall–Kier alpha value is -1.13. The van der Waals surface area contributed by atoms with E-state index in [9.17, 15) is 0 Å². The average Bonchev–Trinajstić information content (AvgIpc) is 2.42. The van der Waals surface area contributed by atoms with Gasteiger partial charge in [0, 0.05) is 26.2 Å². The van der Waals surface area contributed by atoms with E-state index in [-0.39, 0.29) is 0 Å². The van der Waals surface area contributed by atoms with Crippen molar-refractivity contribution >= 4 is 5.69 Å². The quantitative estimate of drug-likeness (QED) is 0.769. The van der Waals surface area contributed by atoms with Crippen LogP contribution in [0.25, 0.3) is 0 Å². The standard InChI is InChI=1S/C14H25N3O/c1-5-13(15-3)14-8-7-12(11-16-14)17(6-2)9-10-18-4/h7-8,11,13,15H,5-6,9-10H2,1-4H3. The molecule has 0 amide bonds. The zero-order chi connectivity index (χ0) is 13.4. The Balaban J connectivity index is 2.73. The third kappa shape index (κ3) is 3.96. The second-order valence-corrected chi connectivity index (χ2v) is 4.26. The van der Waals surface area contributed by atoms with E-state index in [1.165, 1.54) is 0 Å². The van der Waals surface area contributed by atoms with Crippen molar-refractivity contribution in [1.29, 1.82) is 0 Å². The van der Waals surface area contributed by atoms with Crippen molar-refractivity contribution in [2.24, 2.45) is 0 Å². The zero-order valence-electron chi connectivity index (χ0n) is 11.9. The van der Waals surface area contributed by atoms with Gasteiger partial charge in [0.15, 0.2) is 0 Å². The van der Waals surface area contributed by atoms with Crippen LogP contribution in [0.4, 0.5) is 5.69 Å². The molecule has 1 rings (SSSR count). The highest BCUT2D eigenvalue weighted by molar-refractivity contribution is 5.44. The van der Waals surface area contributed by atoms with Gasteiger partial charge in [-0.2, -0.15) is 0 Å². The summed E-state index contributed by atoms with van der Waals surface area (Å²) in [6, 6.07) is 4.59. The molecule has 0 aromatic carbocycles. The zero-order valence-corrected chi connectivity index (χ0v) is 11.9. The Kier molecular flexibility index (Phi) is 6.68. The predicted molar refractivity (Wildman–Crippen MR) is 76.1 cm³/mol. The predicted octanol–water partition coefficient (Wildman–Crippen LogP) is 2.22. The first-order chi connectivity index (χ1) is 8.76. The minimum absolute atomic E-state index is 0.341. The summed E-state index contributed by atoms with van der Waals surface area (Å²) in [6.07, 6.45) is 3.00. The highest BCUT2D eigenvalue weighted by Crippen LogP contribution is 2.18. The van der Waals surface area contributed by atoms with E-state index in [0.29, 0.717) is 6.04 Å². The van der Waals surface area contributed by atoms with Crippen molar-refractivity contribution in [3.63, 3.8) is 0 Å². The number of nitrogens with one attached hydrogen (secondary N) is 1. The lowest BCUT2D eigenvalue weighted by Crippen LogP contribution is -2.27. The topological polar surface area (TPSA) is 37.4 Å². The van der Waals surface area contributed by atoms with Gasteiger partial charge in [-0.25, -0.2) is 0 Å². The van der Waals surface area contributed by atoms with E-state index in [1.807, 2.05) is 13.2 Å². The van der Waals surface area contributed by atoms with Gasteiger partial charge in [0.05, 0.1) is 24.2 Å². The molecule has 0 aliphatic carbocycles. The average molecular weight is 251 g/mol. The third-order valence-electron chi connectivity index (χ3n) is 3.20. The lowest BCUT2D eigenvalue weighted by atomic mass is 10.1. The lowest BCUT2D eigenvalue weighted by molar-refractivity contribution is 0.205. The van der Waals surface area contributed by atoms with Gasteiger partial charge < -0.3 is 15.0 Å². The number of hydrogen-bond acceptors (Lipinski definition) is 4. The van der Waals surface area contributed by atoms with Gasteiger partial charge in [-0.15, -0.1) is 0 Å². The molecule has 1 heterocycles. The highest BCUT2D eigenvalue weighted by Gasteiger charge is 2.09. The molecule has 1 atom stereocenters. The molecule has 1 aromatic rings. The fourth-order valence-corrected chi connectivity index (χ4v) is 2.02. The fourth-order valence-electron chi connectivity index (χ4n) is 2.02. The van der Waals surface area contributed by atoms with Crippen LogP contribution in [0.15, 0.2) is 18.3 Å². The SMILES string of the molecule is CCC(NC)c1ccc(N(CC)CCOC)cn1. The van der Waals surface area contributed by atoms with Crippen LogP contribution in [0, 0.1) is 0 Å². The molecule has 102 valence electrons. The summed E-state index contributed by atoms with van der Waals surface area (Å²) in [4.78, 5) is 6.82. The first kappa shape index (κ1) is 14.9. The van der Waals surface area contributed by atoms with Crippen LogP contribution in [0.3, 0.4) is 0 Å². The van der Waals surface area contributed by atoms with Gasteiger partial charge in [0.1, 0.15) is 0 Å². The number of ether oxygens (including phenoxy) is 1. The first-order valence-electron chi connectivity index (χ1n) is 6.63. The molecule has 1 N–H and O–H groups in total. The van der Waals surface area contributed by atoms with Crippen molar-refractivity contribution in [2.45, 2.75) is 26.3 Å². The maximum Gasteiger partial charge on any atom is 0.0637 e. The number of nitrogens with zero attached hydrogens (tertiary/aromatic N) is 2. The molecule has 18 heavy (non-hydrogen) atoms. The summed E-state index contributed by atoms with van der Waals surface area (Å²) >= 11 is 0. The molecular weight excluding hydrogens is 226 g/mol. The van der Waals surface area contributed by atoms with Gasteiger partial charge in [0.2, 0.25) is 0 Å². The van der Waals surface area contributed by atoms with E-state index in [1.54, 1.807) is 7.11 Å². The second kappa shape index (κ2) is 8.06. The molecule has 0 aliphatic heterocycles. The molecule has 0 aliphatic rings. The Morgan fingerprint density at radius 2 is 2.17 bits per heavy atom. The summed E-state index contributed by atoms with van der Waals surface area (Å²) in [5.41, 5.74) is 2.26. The largest absolute Gasteiger partial charge is 0.383 e. The molecule has 0 bridgehead atoms. The number of aromatic nitrogens is 1. The molecule has 1 unspecified atom stereocenters. The normalized spacial score (nSPS) is 12.4. The molecule has 4 heteroatoms. The number of methoxy groups -OCH3 is 1. The molecule has 1 aromatic heterocycles. The Morgan fingerprint density at radius 1 is 1.39 bits per heavy atom. The maximum atomic E-state index is 5.12. The number of rotatable bonds is 8. The molecule has 0 spiro atoms. The molecule has 0 fully saturated rings. The van der Waals surface area contributed by atoms with Crippen LogP contribution >= 0.6 is 0 Å². The summed E-state index contributed by atoms with van der Waals surface area (Å²) in [5, 5.41) is 3.27. The van der Waals surface area contributed by atoms with Gasteiger partial charge in [0.25, 0.3) is 0 Å². The van der Waals surface area contributed by atoms with Crippen LogP contribution in [0.1, 0.15) is 32.0 Å². The van der Waals surface area contributed by atoms with Crippen LogP contribution in [-0.2, 0) is 4.74 Å². The number of likely N-dealkylation sites (N-methyl/N-ethyl adjacent to an activating group) is 1. The second-order valence-electron chi connectivity index (χ2n) is 4.26. The highest BCUT2D eigenvalue weighted by atomic mass is 16.5. The van der Waals surface area contributed by atoms with Crippen molar-refractivity contribution in [3.8, 4) is 0 Å². The van der Waals surface area contributed by atoms with Gasteiger partial charge in [-0.05, 0) is 32.5 Å². The fraction of sp³-hybridized carbons (Fsp3) is 0.643. The van der Waals surface area contributed by atoms with Crippen LogP contribution in [-0.4, -0.2) is 38.8 Å². The number of hydrogen-bond donors (Lipinski definition) is 1. The summed E-state index contributed by atoms with van der Waals surface area (Å²) < 4.78 is 5.12. The maximum absolute atomic E-state index is 5.12. The smallest absolute Gasteiger partial charge is 0.0637 e. The van der Waals surface area contributed by atoms with E-state index >= 15 is 0 Å². The van der Waals surface area contributed by atoms with E-state index in [4.69, 9.17) is 4.74 Å². The number of pyridine rings is 1. The van der Waals surface area contributed by atoms with E-state index in [0.717, 1.165) is 37.5 Å². The molecule has 0 radical (unpaired) electrons. The van der Waals surface area contributed by atoms with Crippen molar-refractivity contribution in [1.82, 2.24) is 10.3 Å². The summed E-state index contributed by atoms with van der Waals surface area (Å²) in [7, 11) is 3.70. The van der Waals surface area contributed by atoms with Gasteiger partial charge >= 0.3 is 0 Å². The lowest BCUT2D eigenvalue weighted by Gasteiger charge is -2.23. The Morgan fingerprint density at radius 3 is 2.61 bits per heavy atom. The van der Waals surface area contributed by atoms with Crippen molar-refractivity contribution in [3.05, 3.63) is 24.0 Å². The van der Waals surface area contributed by atoms with Crippen molar-refractivity contribution in [2.75, 3.05) is 38.8 Å². The van der Waals surface area contributed by atoms with Crippen molar-refractivity contribution < 1.29 is 4.74 Å². The molecule has 0 saturated carbocycles. The van der Waals surface area contributed by atoms with Crippen LogP contribution in [0.2, 0.25) is 0 Å². The van der Waals surface area contributed by atoms with E-state index in [2.05, 4.69) is 41.2 Å². The van der Waals surface area contributed by atoms with Crippen LogP contribution in [0.5, 0.6) is 0 Å². The van der Waals surface area contributed by atoms with E-state index < -0.39 is 0 Å². The summed E-state index contributed by atoms with van der Waals surface area (Å²) in [6.45, 7) is 6.91. The number of anilines is 1. The minimum Gasteiger partial charge on any atom is -0.383 e. The van der Waals surface area contributed by atoms with Crippen LogP contribution < -0.4 is 10.2 Å². The minimum atomic E-state index is 0.341. The van der Waals surface area contributed by atoms with Gasteiger partial charge in [-0.1, -0.05) is 6.92 Å². The first-order valence-corrected chi connectivity index (χ1v) is 6.63. The molecular formula is C14H25N3O. The van der Waals surface area contributed by atoms with Gasteiger partial charge in [-0.3, -0.25) is 4.98 Å². The monoisotopic (exact) mass is 251 g/mol. The Bertz CT molecular complexity index is 322. The molecule has 0 saturated heterocycles. The Labute approximate surface area is 110 Å². The summed E-state index contributed by atoms with van der Waals surface area (Å²) in [5.74, 6) is 0. The third-order valence-corrected chi connectivity index (χ3v) is 3.20. The molecule has 4 nitrogen and oxygen atoms in total.